The standard InChI is InChI=1S/C17H15BrN2O5/c1-19(2)16(21)15(11-6-4-3-5-7-11)25-17(22)12-8-9-13(18)14(10-12)20(23)24/h3-10,15H,1-2H3. The molecule has 0 saturated carbocycles. The minimum atomic E-state index is -1.13. The highest BCUT2D eigenvalue weighted by Crippen LogP contribution is 2.27. The van der Waals surface area contributed by atoms with Gasteiger partial charge < -0.3 is 9.64 Å². The lowest BCUT2D eigenvalue weighted by molar-refractivity contribution is -0.385. The maximum Gasteiger partial charge on any atom is 0.339 e. The average molecular weight is 407 g/mol. The number of hydrogen-bond donors (Lipinski definition) is 0. The van der Waals surface area contributed by atoms with Crippen LogP contribution in [0.4, 0.5) is 5.69 Å². The fourth-order valence-corrected chi connectivity index (χ4v) is 2.47. The Labute approximate surface area is 152 Å². The summed E-state index contributed by atoms with van der Waals surface area (Å²) in [4.78, 5) is 36.5. The van der Waals surface area contributed by atoms with E-state index in [2.05, 4.69) is 15.9 Å². The van der Waals surface area contributed by atoms with Gasteiger partial charge in [0, 0.05) is 25.7 Å². The number of carbonyl (C=O) groups excluding carboxylic acids is 2. The molecular formula is C17H15BrN2O5. The molecule has 2 rings (SSSR count). The first-order chi connectivity index (χ1) is 11.8. The molecule has 8 heteroatoms. The number of ether oxygens (including phenoxy) is 1. The van der Waals surface area contributed by atoms with Crippen molar-refractivity contribution in [2.24, 2.45) is 0 Å². The summed E-state index contributed by atoms with van der Waals surface area (Å²) in [6.45, 7) is 0. The molecule has 2 aromatic rings. The minimum absolute atomic E-state index is 0.0117. The number of hydrogen-bond acceptors (Lipinski definition) is 5. The zero-order valence-corrected chi connectivity index (χ0v) is 15.1. The zero-order valence-electron chi connectivity index (χ0n) is 13.5. The largest absolute Gasteiger partial charge is 0.444 e. The predicted octanol–water partition coefficient (Wildman–Crippen LogP) is 3.34. The first kappa shape index (κ1) is 18.6. The number of benzene rings is 2. The lowest BCUT2D eigenvalue weighted by Crippen LogP contribution is -2.31. The Kier molecular flexibility index (Phi) is 5.87. The van der Waals surface area contributed by atoms with Crippen molar-refractivity contribution in [2.45, 2.75) is 6.10 Å². The molecule has 0 aliphatic carbocycles. The van der Waals surface area contributed by atoms with Crippen LogP contribution in [0.2, 0.25) is 0 Å². The van der Waals surface area contributed by atoms with Crippen molar-refractivity contribution in [3.8, 4) is 0 Å². The quantitative estimate of drug-likeness (QED) is 0.431. The maximum absolute atomic E-state index is 12.4. The van der Waals surface area contributed by atoms with Crippen molar-refractivity contribution in [3.05, 3.63) is 74.2 Å². The number of nitrogens with zero attached hydrogens (tertiary/aromatic N) is 2. The van der Waals surface area contributed by atoms with Gasteiger partial charge >= 0.3 is 5.97 Å². The predicted molar refractivity (Wildman–Crippen MR) is 94.1 cm³/mol. The molecule has 1 amide bonds. The van der Waals surface area contributed by atoms with Gasteiger partial charge in [0.05, 0.1) is 15.0 Å². The topological polar surface area (TPSA) is 89.8 Å². The highest BCUT2D eigenvalue weighted by Gasteiger charge is 2.27. The highest BCUT2D eigenvalue weighted by molar-refractivity contribution is 9.10. The number of nitro benzene ring substituents is 1. The van der Waals surface area contributed by atoms with E-state index in [-0.39, 0.29) is 15.7 Å². The highest BCUT2D eigenvalue weighted by atomic mass is 79.9. The smallest absolute Gasteiger partial charge is 0.339 e. The minimum Gasteiger partial charge on any atom is -0.444 e. The third-order valence-electron chi connectivity index (χ3n) is 3.37. The van der Waals surface area contributed by atoms with Gasteiger partial charge in [0.1, 0.15) is 0 Å². The van der Waals surface area contributed by atoms with Gasteiger partial charge in [0.15, 0.2) is 0 Å². The van der Waals surface area contributed by atoms with Crippen LogP contribution in [0.5, 0.6) is 0 Å². The van der Waals surface area contributed by atoms with E-state index in [4.69, 9.17) is 4.74 Å². The molecule has 0 saturated heterocycles. The lowest BCUT2D eigenvalue weighted by atomic mass is 10.1. The van der Waals surface area contributed by atoms with E-state index in [1.807, 2.05) is 0 Å². The van der Waals surface area contributed by atoms with Crippen molar-refractivity contribution in [3.63, 3.8) is 0 Å². The molecule has 2 aromatic carbocycles. The molecule has 7 nitrogen and oxygen atoms in total. The number of carbonyl (C=O) groups is 2. The summed E-state index contributed by atoms with van der Waals surface area (Å²) in [5.74, 6) is -1.23. The van der Waals surface area contributed by atoms with Gasteiger partial charge in [-0.25, -0.2) is 4.79 Å². The van der Waals surface area contributed by atoms with Gasteiger partial charge in [-0.1, -0.05) is 30.3 Å². The van der Waals surface area contributed by atoms with E-state index < -0.39 is 22.9 Å². The van der Waals surface area contributed by atoms with Crippen LogP contribution in [-0.2, 0) is 9.53 Å². The van der Waals surface area contributed by atoms with Crippen LogP contribution in [0, 0.1) is 10.1 Å². The Morgan fingerprint density at radius 2 is 1.80 bits per heavy atom. The van der Waals surface area contributed by atoms with Gasteiger partial charge in [-0.3, -0.25) is 14.9 Å². The van der Waals surface area contributed by atoms with E-state index in [0.717, 1.165) is 6.07 Å². The van der Waals surface area contributed by atoms with Gasteiger partial charge in [-0.2, -0.15) is 0 Å². The summed E-state index contributed by atoms with van der Waals surface area (Å²) in [6, 6.07) is 12.5. The Hall–Kier alpha value is -2.74. The fraction of sp³-hybridized carbons (Fsp3) is 0.176. The van der Waals surface area contributed by atoms with Crippen molar-refractivity contribution >= 4 is 33.5 Å². The number of rotatable bonds is 5. The summed E-state index contributed by atoms with van der Waals surface area (Å²) >= 11 is 3.06. The van der Waals surface area contributed by atoms with E-state index in [1.165, 1.54) is 17.0 Å². The number of likely N-dealkylation sites (N-methyl/N-ethyl adjacent to an activating group) is 1. The van der Waals surface area contributed by atoms with E-state index in [9.17, 15) is 19.7 Å². The Bertz CT molecular complexity index is 808. The molecule has 0 heterocycles. The first-order valence-corrected chi connectivity index (χ1v) is 8.01. The molecule has 0 aliphatic heterocycles. The van der Waals surface area contributed by atoms with Crippen LogP contribution < -0.4 is 0 Å². The lowest BCUT2D eigenvalue weighted by Gasteiger charge is -2.21. The summed E-state index contributed by atoms with van der Waals surface area (Å²) in [6.07, 6.45) is -1.13. The van der Waals surface area contributed by atoms with Gasteiger partial charge in [-0.15, -0.1) is 0 Å². The molecule has 1 unspecified atom stereocenters. The molecule has 0 spiro atoms. The van der Waals surface area contributed by atoms with Crippen LogP contribution >= 0.6 is 15.9 Å². The SMILES string of the molecule is CN(C)C(=O)C(OC(=O)c1ccc(Br)c([N+](=O)[O-])c1)c1ccccc1. The maximum atomic E-state index is 12.4. The number of nitro groups is 1. The van der Waals surface area contributed by atoms with Gasteiger partial charge in [0.25, 0.3) is 11.6 Å². The summed E-state index contributed by atoms with van der Waals surface area (Å²) in [7, 11) is 3.10. The van der Waals surface area contributed by atoms with Crippen molar-refractivity contribution < 1.29 is 19.2 Å². The molecule has 0 bridgehead atoms. The van der Waals surface area contributed by atoms with Gasteiger partial charge in [0.2, 0.25) is 6.10 Å². The number of esters is 1. The van der Waals surface area contributed by atoms with Crippen LogP contribution in [0.1, 0.15) is 22.0 Å². The normalized spacial score (nSPS) is 11.5. The van der Waals surface area contributed by atoms with Crippen molar-refractivity contribution in [1.29, 1.82) is 0 Å². The van der Waals surface area contributed by atoms with E-state index in [1.54, 1.807) is 44.4 Å². The second kappa shape index (κ2) is 7.89. The van der Waals surface area contributed by atoms with Crippen LogP contribution in [0.25, 0.3) is 0 Å². The molecule has 1 atom stereocenters. The van der Waals surface area contributed by atoms with Crippen LogP contribution in [0.15, 0.2) is 53.0 Å². The summed E-state index contributed by atoms with van der Waals surface area (Å²) in [5, 5.41) is 11.0. The van der Waals surface area contributed by atoms with E-state index >= 15 is 0 Å². The zero-order chi connectivity index (χ0) is 18.6. The number of halogens is 1. The second-order valence-corrected chi connectivity index (χ2v) is 6.21. The van der Waals surface area contributed by atoms with Crippen LogP contribution in [-0.4, -0.2) is 35.8 Å². The molecule has 0 aliphatic rings. The Morgan fingerprint density at radius 3 is 2.36 bits per heavy atom. The first-order valence-electron chi connectivity index (χ1n) is 7.22. The summed E-state index contributed by atoms with van der Waals surface area (Å²) in [5.41, 5.74) is 0.244. The Morgan fingerprint density at radius 1 is 1.16 bits per heavy atom. The molecular weight excluding hydrogens is 392 g/mol. The second-order valence-electron chi connectivity index (χ2n) is 5.35. The van der Waals surface area contributed by atoms with E-state index in [0.29, 0.717) is 5.56 Å². The number of amides is 1. The van der Waals surface area contributed by atoms with Crippen molar-refractivity contribution in [1.82, 2.24) is 4.90 Å². The van der Waals surface area contributed by atoms with Gasteiger partial charge in [-0.05, 0) is 28.1 Å². The molecule has 0 radical (unpaired) electrons. The molecule has 0 aromatic heterocycles. The summed E-state index contributed by atoms with van der Waals surface area (Å²) < 4.78 is 5.60. The molecule has 130 valence electrons. The molecule has 0 fully saturated rings. The fourth-order valence-electron chi connectivity index (χ4n) is 2.08. The van der Waals surface area contributed by atoms with Crippen LogP contribution in [0.3, 0.4) is 0 Å². The average Bonchev–Trinajstić information content (AvgIpc) is 2.59. The third kappa shape index (κ3) is 4.42. The Balaban J connectivity index is 2.33. The molecule has 25 heavy (non-hydrogen) atoms. The molecule has 0 N–H and O–H groups in total. The van der Waals surface area contributed by atoms with Crippen molar-refractivity contribution in [2.75, 3.05) is 14.1 Å². The third-order valence-corrected chi connectivity index (χ3v) is 4.04. The monoisotopic (exact) mass is 406 g/mol.